The van der Waals surface area contributed by atoms with Gasteiger partial charge in [-0.15, -0.1) is 11.8 Å². The van der Waals surface area contributed by atoms with Crippen LogP contribution < -0.4 is 14.8 Å². The van der Waals surface area contributed by atoms with E-state index in [-0.39, 0.29) is 0 Å². The van der Waals surface area contributed by atoms with Gasteiger partial charge in [-0.3, -0.25) is 0 Å². The molecule has 0 aromatic heterocycles. The van der Waals surface area contributed by atoms with E-state index in [1.165, 1.54) is 18.4 Å². The van der Waals surface area contributed by atoms with E-state index in [1.807, 2.05) is 0 Å². The molecule has 1 fully saturated rings. The minimum absolute atomic E-state index is 0.762. The third-order valence-corrected chi connectivity index (χ3v) is 4.55. The summed E-state index contributed by atoms with van der Waals surface area (Å²) in [6, 6.07) is 4.21. The summed E-state index contributed by atoms with van der Waals surface area (Å²) in [6.07, 6.45) is 5.67. The number of thioether (sulfide) groups is 1. The molecule has 1 heterocycles. The first-order valence-electron chi connectivity index (χ1n) is 6.78. The van der Waals surface area contributed by atoms with Gasteiger partial charge in [0.15, 0.2) is 0 Å². The normalized spacial score (nSPS) is 16.4. The molecule has 4 heteroatoms. The third kappa shape index (κ3) is 3.37. The van der Waals surface area contributed by atoms with Crippen LogP contribution in [0.3, 0.4) is 0 Å². The lowest BCUT2D eigenvalue weighted by atomic mass is 9.90. The SMILES string of the molecule is COc1ccc(CC2CCNCC2)c(OC)c1SC. The fourth-order valence-electron chi connectivity index (χ4n) is 2.72. The Morgan fingerprint density at radius 3 is 2.53 bits per heavy atom. The molecule has 1 aromatic carbocycles. The van der Waals surface area contributed by atoms with Crippen molar-refractivity contribution >= 4 is 11.8 Å². The highest BCUT2D eigenvalue weighted by Gasteiger charge is 2.19. The monoisotopic (exact) mass is 281 g/mol. The van der Waals surface area contributed by atoms with E-state index in [0.717, 1.165) is 41.8 Å². The number of hydrogen-bond donors (Lipinski definition) is 1. The van der Waals surface area contributed by atoms with Gasteiger partial charge in [-0.1, -0.05) is 6.07 Å². The van der Waals surface area contributed by atoms with Crippen LogP contribution in [0.2, 0.25) is 0 Å². The maximum atomic E-state index is 5.63. The molecule has 1 aliphatic heterocycles. The Bertz CT molecular complexity index is 417. The standard InChI is InChI=1S/C15H23NO2S/c1-17-13-5-4-12(14(18-2)15(13)19-3)10-11-6-8-16-9-7-11/h4-5,11,16H,6-10H2,1-3H3. The van der Waals surface area contributed by atoms with Crippen LogP contribution in [0.25, 0.3) is 0 Å². The van der Waals surface area contributed by atoms with Crippen molar-refractivity contribution in [2.24, 2.45) is 5.92 Å². The second-order valence-electron chi connectivity index (χ2n) is 4.89. The molecule has 3 nitrogen and oxygen atoms in total. The molecule has 0 spiro atoms. The molecular weight excluding hydrogens is 258 g/mol. The molecule has 0 unspecified atom stereocenters. The number of ether oxygens (including phenoxy) is 2. The van der Waals surface area contributed by atoms with Crippen LogP contribution in [0.15, 0.2) is 17.0 Å². The zero-order valence-electron chi connectivity index (χ0n) is 12.0. The highest BCUT2D eigenvalue weighted by atomic mass is 32.2. The minimum Gasteiger partial charge on any atom is -0.495 e. The smallest absolute Gasteiger partial charge is 0.139 e. The molecule has 106 valence electrons. The summed E-state index contributed by atoms with van der Waals surface area (Å²) in [4.78, 5) is 1.11. The Morgan fingerprint density at radius 2 is 1.95 bits per heavy atom. The summed E-state index contributed by atoms with van der Waals surface area (Å²) in [7, 11) is 3.46. The number of hydrogen-bond acceptors (Lipinski definition) is 4. The molecule has 0 aliphatic carbocycles. The lowest BCUT2D eigenvalue weighted by molar-refractivity contribution is 0.351. The van der Waals surface area contributed by atoms with Crippen LogP contribution in [0, 0.1) is 5.92 Å². The second-order valence-corrected chi connectivity index (χ2v) is 5.71. The van der Waals surface area contributed by atoms with E-state index >= 15 is 0 Å². The first-order chi connectivity index (χ1) is 9.30. The van der Waals surface area contributed by atoms with Gasteiger partial charge in [0.25, 0.3) is 0 Å². The van der Waals surface area contributed by atoms with Crippen molar-refractivity contribution in [1.29, 1.82) is 0 Å². The van der Waals surface area contributed by atoms with Gasteiger partial charge in [0, 0.05) is 0 Å². The summed E-state index contributed by atoms with van der Waals surface area (Å²) in [5.74, 6) is 2.65. The average molecular weight is 281 g/mol. The zero-order chi connectivity index (χ0) is 13.7. The third-order valence-electron chi connectivity index (χ3n) is 3.75. The summed E-state index contributed by atoms with van der Waals surface area (Å²) in [6.45, 7) is 2.27. The molecule has 1 aromatic rings. The van der Waals surface area contributed by atoms with Crippen molar-refractivity contribution in [3.8, 4) is 11.5 Å². The predicted octanol–water partition coefficient (Wildman–Crippen LogP) is 2.97. The summed E-state index contributed by atoms with van der Waals surface area (Å²) >= 11 is 1.69. The van der Waals surface area contributed by atoms with E-state index in [0.29, 0.717) is 0 Å². The number of methoxy groups -OCH3 is 2. The van der Waals surface area contributed by atoms with Crippen molar-refractivity contribution < 1.29 is 9.47 Å². The molecule has 0 atom stereocenters. The van der Waals surface area contributed by atoms with Crippen LogP contribution in [0.1, 0.15) is 18.4 Å². The Hall–Kier alpha value is -0.870. The number of benzene rings is 1. The molecule has 1 aliphatic rings. The van der Waals surface area contributed by atoms with Crippen molar-refractivity contribution in [3.05, 3.63) is 17.7 Å². The van der Waals surface area contributed by atoms with Gasteiger partial charge >= 0.3 is 0 Å². The maximum absolute atomic E-state index is 5.63. The van der Waals surface area contributed by atoms with Crippen LogP contribution in [-0.2, 0) is 6.42 Å². The molecule has 1 N–H and O–H groups in total. The quantitative estimate of drug-likeness (QED) is 0.841. The van der Waals surface area contributed by atoms with E-state index < -0.39 is 0 Å². The Labute approximate surface area is 120 Å². The predicted molar refractivity (Wildman–Crippen MR) is 80.6 cm³/mol. The highest BCUT2D eigenvalue weighted by Crippen LogP contribution is 2.40. The van der Waals surface area contributed by atoms with E-state index in [9.17, 15) is 0 Å². The van der Waals surface area contributed by atoms with Gasteiger partial charge in [0.1, 0.15) is 11.5 Å². The molecule has 0 radical (unpaired) electrons. The molecular formula is C15H23NO2S. The van der Waals surface area contributed by atoms with Gasteiger partial charge in [0.05, 0.1) is 19.1 Å². The Balaban J connectivity index is 2.23. The number of nitrogens with one attached hydrogen (secondary N) is 1. The minimum atomic E-state index is 0.762. The van der Waals surface area contributed by atoms with E-state index in [1.54, 1.807) is 26.0 Å². The molecule has 2 rings (SSSR count). The number of piperidine rings is 1. The molecule has 0 saturated carbocycles. The summed E-state index contributed by atoms with van der Waals surface area (Å²) in [5.41, 5.74) is 1.31. The topological polar surface area (TPSA) is 30.5 Å². The number of rotatable bonds is 5. The van der Waals surface area contributed by atoms with Crippen molar-refractivity contribution in [1.82, 2.24) is 5.32 Å². The van der Waals surface area contributed by atoms with Gasteiger partial charge in [-0.25, -0.2) is 0 Å². The van der Waals surface area contributed by atoms with E-state index in [4.69, 9.17) is 9.47 Å². The Kier molecular flexibility index (Phi) is 5.40. The van der Waals surface area contributed by atoms with Gasteiger partial charge in [-0.05, 0) is 56.2 Å². The first kappa shape index (κ1) is 14.5. The molecule has 1 saturated heterocycles. The Morgan fingerprint density at radius 1 is 1.21 bits per heavy atom. The largest absolute Gasteiger partial charge is 0.495 e. The molecule has 0 amide bonds. The van der Waals surface area contributed by atoms with Crippen LogP contribution in [-0.4, -0.2) is 33.6 Å². The second kappa shape index (κ2) is 7.06. The molecule has 0 bridgehead atoms. The van der Waals surface area contributed by atoms with Gasteiger partial charge in [0.2, 0.25) is 0 Å². The van der Waals surface area contributed by atoms with Crippen LogP contribution in [0.5, 0.6) is 11.5 Å². The highest BCUT2D eigenvalue weighted by molar-refractivity contribution is 7.98. The van der Waals surface area contributed by atoms with Gasteiger partial charge in [-0.2, -0.15) is 0 Å². The lowest BCUT2D eigenvalue weighted by Crippen LogP contribution is -2.28. The van der Waals surface area contributed by atoms with Crippen molar-refractivity contribution in [2.75, 3.05) is 33.6 Å². The fourth-order valence-corrected chi connectivity index (χ4v) is 3.47. The first-order valence-corrected chi connectivity index (χ1v) is 8.01. The van der Waals surface area contributed by atoms with Crippen LogP contribution in [0.4, 0.5) is 0 Å². The molecule has 19 heavy (non-hydrogen) atoms. The van der Waals surface area contributed by atoms with Crippen molar-refractivity contribution in [2.45, 2.75) is 24.2 Å². The van der Waals surface area contributed by atoms with Crippen molar-refractivity contribution in [3.63, 3.8) is 0 Å². The van der Waals surface area contributed by atoms with E-state index in [2.05, 4.69) is 23.7 Å². The van der Waals surface area contributed by atoms with Crippen LogP contribution >= 0.6 is 11.8 Å². The fraction of sp³-hybridized carbons (Fsp3) is 0.600. The summed E-state index contributed by atoms with van der Waals surface area (Å²) < 4.78 is 11.0. The van der Waals surface area contributed by atoms with Gasteiger partial charge < -0.3 is 14.8 Å². The lowest BCUT2D eigenvalue weighted by Gasteiger charge is -2.24. The summed E-state index contributed by atoms with van der Waals surface area (Å²) in [5, 5.41) is 3.41. The average Bonchev–Trinajstić information content (AvgIpc) is 2.47. The maximum Gasteiger partial charge on any atom is 0.139 e. The zero-order valence-corrected chi connectivity index (χ0v) is 12.8.